The van der Waals surface area contributed by atoms with E-state index in [2.05, 4.69) is 19.2 Å². The second kappa shape index (κ2) is 54.7. The monoisotopic (exact) mass is 876 g/mol. The van der Waals surface area contributed by atoms with Gasteiger partial charge >= 0.3 is 0 Å². The van der Waals surface area contributed by atoms with Crippen LogP contribution in [0.4, 0.5) is 0 Å². The molecule has 0 aromatic heterocycles. The van der Waals surface area contributed by atoms with Crippen molar-refractivity contribution in [2.75, 3.05) is 6.61 Å². The lowest BCUT2D eigenvalue weighted by Gasteiger charge is -2.22. The fourth-order valence-electron chi connectivity index (χ4n) is 9.66. The molecule has 0 aromatic carbocycles. The summed E-state index contributed by atoms with van der Waals surface area (Å²) >= 11 is 0. The van der Waals surface area contributed by atoms with Gasteiger partial charge in [0.1, 0.15) is 0 Å². The second-order valence-electron chi connectivity index (χ2n) is 20.4. The van der Waals surface area contributed by atoms with E-state index in [1.807, 2.05) is 0 Å². The van der Waals surface area contributed by atoms with Crippen LogP contribution < -0.4 is 5.32 Å². The number of carbonyl (C=O) groups is 1. The molecule has 0 aromatic rings. The molecule has 0 aliphatic heterocycles. The highest BCUT2D eigenvalue weighted by atomic mass is 16.3. The summed E-state index contributed by atoms with van der Waals surface area (Å²) in [7, 11) is 0. The zero-order valence-electron chi connectivity index (χ0n) is 42.9. The summed E-state index contributed by atoms with van der Waals surface area (Å²) in [6, 6.07) is -0.531. The van der Waals surface area contributed by atoms with Crippen molar-refractivity contribution >= 4 is 5.91 Å². The Labute approximate surface area is 391 Å². The summed E-state index contributed by atoms with van der Waals surface area (Å²) in [6.07, 6.45) is 69.6. The number of amides is 1. The Kier molecular flexibility index (Phi) is 54.2. The van der Waals surface area contributed by atoms with E-state index in [0.29, 0.717) is 12.8 Å². The summed E-state index contributed by atoms with van der Waals surface area (Å²) < 4.78 is 0. The molecule has 3 N–H and O–H groups in total. The quantitative estimate of drug-likeness (QED) is 0.0533. The molecule has 4 heteroatoms. The molecule has 1 amide bonds. The molecule has 0 aliphatic carbocycles. The summed E-state index contributed by atoms with van der Waals surface area (Å²) in [5, 5.41) is 23.4. The van der Waals surface area contributed by atoms with E-state index in [4.69, 9.17) is 0 Å². The zero-order valence-corrected chi connectivity index (χ0v) is 42.9. The first-order chi connectivity index (χ1) is 30.7. The molecule has 0 heterocycles. The topological polar surface area (TPSA) is 69.6 Å². The van der Waals surface area contributed by atoms with Crippen LogP contribution >= 0.6 is 0 Å². The molecule has 0 fully saturated rings. The van der Waals surface area contributed by atoms with Crippen LogP contribution in [0.1, 0.15) is 348 Å². The molecule has 62 heavy (non-hydrogen) atoms. The molecule has 2 atom stereocenters. The van der Waals surface area contributed by atoms with Gasteiger partial charge in [0, 0.05) is 6.42 Å². The van der Waals surface area contributed by atoms with Crippen LogP contribution in [0.2, 0.25) is 0 Å². The number of nitrogens with one attached hydrogen (secondary N) is 1. The fraction of sp³-hybridized carbons (Fsp3) is 0.983. The maximum atomic E-state index is 12.5. The average Bonchev–Trinajstić information content (AvgIpc) is 3.28. The Morgan fingerprint density at radius 3 is 0.726 bits per heavy atom. The highest BCUT2D eigenvalue weighted by Crippen LogP contribution is 2.19. The lowest BCUT2D eigenvalue weighted by molar-refractivity contribution is -0.123. The van der Waals surface area contributed by atoms with Gasteiger partial charge in [0.05, 0.1) is 18.8 Å². The van der Waals surface area contributed by atoms with Gasteiger partial charge in [0.2, 0.25) is 5.91 Å². The van der Waals surface area contributed by atoms with E-state index in [9.17, 15) is 15.0 Å². The van der Waals surface area contributed by atoms with Crippen LogP contribution in [0.3, 0.4) is 0 Å². The van der Waals surface area contributed by atoms with Crippen LogP contribution in [0.5, 0.6) is 0 Å². The molecule has 372 valence electrons. The molecular formula is C58H117NO3. The molecule has 4 nitrogen and oxygen atoms in total. The summed E-state index contributed by atoms with van der Waals surface area (Å²) in [5.74, 6) is -0.0220. The Hall–Kier alpha value is -0.610. The Morgan fingerprint density at radius 1 is 0.323 bits per heavy atom. The Morgan fingerprint density at radius 2 is 0.516 bits per heavy atom. The highest BCUT2D eigenvalue weighted by molar-refractivity contribution is 5.76. The van der Waals surface area contributed by atoms with Crippen molar-refractivity contribution in [3.05, 3.63) is 0 Å². The third kappa shape index (κ3) is 50.4. The van der Waals surface area contributed by atoms with Crippen molar-refractivity contribution in [2.45, 2.75) is 360 Å². The summed E-state index contributed by atoms with van der Waals surface area (Å²) in [4.78, 5) is 12.5. The van der Waals surface area contributed by atoms with Gasteiger partial charge in [0.15, 0.2) is 0 Å². The van der Waals surface area contributed by atoms with Crippen LogP contribution in [-0.2, 0) is 4.79 Å². The normalized spacial score (nSPS) is 12.6. The van der Waals surface area contributed by atoms with Crippen molar-refractivity contribution in [3.63, 3.8) is 0 Å². The predicted molar refractivity (Wildman–Crippen MR) is 276 cm³/mol. The number of hydrogen-bond donors (Lipinski definition) is 3. The number of hydrogen-bond acceptors (Lipinski definition) is 3. The predicted octanol–water partition coefficient (Wildman–Crippen LogP) is 19.1. The minimum Gasteiger partial charge on any atom is -0.394 e. The van der Waals surface area contributed by atoms with E-state index in [0.717, 1.165) is 25.7 Å². The first-order valence-corrected chi connectivity index (χ1v) is 29.2. The van der Waals surface area contributed by atoms with Gasteiger partial charge in [-0.3, -0.25) is 4.79 Å². The van der Waals surface area contributed by atoms with E-state index < -0.39 is 12.1 Å². The van der Waals surface area contributed by atoms with E-state index in [-0.39, 0.29) is 12.5 Å². The smallest absolute Gasteiger partial charge is 0.220 e. The number of aliphatic hydroxyl groups excluding tert-OH is 2. The van der Waals surface area contributed by atoms with Crippen LogP contribution in [-0.4, -0.2) is 34.9 Å². The zero-order chi connectivity index (χ0) is 44.9. The molecule has 2 unspecified atom stereocenters. The number of rotatable bonds is 55. The number of carbonyl (C=O) groups excluding carboxylic acids is 1. The van der Waals surface area contributed by atoms with Gasteiger partial charge < -0.3 is 15.5 Å². The average molecular weight is 877 g/mol. The minimum atomic E-state index is -0.655. The van der Waals surface area contributed by atoms with Crippen molar-refractivity contribution in [1.82, 2.24) is 5.32 Å². The second-order valence-corrected chi connectivity index (χ2v) is 20.4. The Balaban J connectivity index is 3.38. The van der Waals surface area contributed by atoms with Gasteiger partial charge in [-0.25, -0.2) is 0 Å². The largest absolute Gasteiger partial charge is 0.394 e. The molecular weight excluding hydrogens is 759 g/mol. The van der Waals surface area contributed by atoms with Crippen LogP contribution in [0.25, 0.3) is 0 Å². The first-order valence-electron chi connectivity index (χ1n) is 29.2. The third-order valence-electron chi connectivity index (χ3n) is 14.1. The van der Waals surface area contributed by atoms with Crippen molar-refractivity contribution in [3.8, 4) is 0 Å². The molecule has 0 radical (unpaired) electrons. The maximum absolute atomic E-state index is 12.5. The van der Waals surface area contributed by atoms with Gasteiger partial charge in [-0.1, -0.05) is 328 Å². The number of unbranched alkanes of at least 4 members (excludes halogenated alkanes) is 48. The first kappa shape index (κ1) is 61.4. The fourth-order valence-corrected chi connectivity index (χ4v) is 9.66. The van der Waals surface area contributed by atoms with Crippen LogP contribution in [0, 0.1) is 0 Å². The SMILES string of the molecule is CCCCCCCCCCCCCCCCCCCCCCCCCCCCCCCCC(O)C(CO)NC(=O)CCCCCCCCCCCCCCCCCCCCCC. The van der Waals surface area contributed by atoms with Crippen molar-refractivity contribution in [1.29, 1.82) is 0 Å². The summed E-state index contributed by atoms with van der Waals surface area (Å²) in [5.41, 5.74) is 0. The summed E-state index contributed by atoms with van der Waals surface area (Å²) in [6.45, 7) is 4.41. The molecule has 0 saturated heterocycles. The van der Waals surface area contributed by atoms with E-state index in [1.165, 1.54) is 295 Å². The van der Waals surface area contributed by atoms with E-state index >= 15 is 0 Å². The number of aliphatic hydroxyl groups is 2. The van der Waals surface area contributed by atoms with Gasteiger partial charge in [0.25, 0.3) is 0 Å². The third-order valence-corrected chi connectivity index (χ3v) is 14.1. The standard InChI is InChI=1S/C58H117NO3/c1-3-5-7-9-11-13-15-17-19-21-23-25-26-27-28-29-30-31-32-33-34-35-37-39-41-43-45-47-49-51-53-57(61)56(55-60)59-58(62)54-52-50-48-46-44-42-40-38-36-24-22-20-18-16-14-12-10-8-6-4-2/h56-57,60-61H,3-55H2,1-2H3,(H,59,62). The van der Waals surface area contributed by atoms with E-state index in [1.54, 1.807) is 0 Å². The Bertz CT molecular complexity index is 819. The van der Waals surface area contributed by atoms with Crippen molar-refractivity contribution < 1.29 is 15.0 Å². The minimum absolute atomic E-state index is 0.0220. The van der Waals surface area contributed by atoms with Crippen molar-refractivity contribution in [2.24, 2.45) is 0 Å². The molecule has 0 saturated carbocycles. The lowest BCUT2D eigenvalue weighted by Crippen LogP contribution is -2.45. The molecule has 0 spiro atoms. The maximum Gasteiger partial charge on any atom is 0.220 e. The molecule has 0 bridgehead atoms. The van der Waals surface area contributed by atoms with Gasteiger partial charge in [-0.2, -0.15) is 0 Å². The molecule has 0 aliphatic rings. The molecule has 0 rings (SSSR count). The van der Waals surface area contributed by atoms with Gasteiger partial charge in [-0.05, 0) is 12.8 Å². The van der Waals surface area contributed by atoms with Gasteiger partial charge in [-0.15, -0.1) is 0 Å². The highest BCUT2D eigenvalue weighted by Gasteiger charge is 2.20. The lowest BCUT2D eigenvalue weighted by atomic mass is 10.0. The van der Waals surface area contributed by atoms with Crippen LogP contribution in [0.15, 0.2) is 0 Å².